The van der Waals surface area contributed by atoms with Gasteiger partial charge in [0.2, 0.25) is 0 Å². The quantitative estimate of drug-likeness (QED) is 0.830. The number of hydrogen-bond donors (Lipinski definition) is 2. The molecule has 88 valence electrons. The van der Waals surface area contributed by atoms with Gasteiger partial charge in [-0.3, -0.25) is 9.69 Å². The molecule has 1 aromatic rings. The summed E-state index contributed by atoms with van der Waals surface area (Å²) in [4.78, 5) is 12.3. The highest BCUT2D eigenvalue weighted by atomic mass is 35.5. The molecule has 0 saturated carbocycles. The van der Waals surface area contributed by atoms with Crippen LogP contribution in [0.2, 0.25) is 5.02 Å². The van der Waals surface area contributed by atoms with Gasteiger partial charge in [0.05, 0.1) is 6.54 Å². The van der Waals surface area contributed by atoms with Crippen molar-refractivity contribution < 1.29 is 15.0 Å². The number of phenols is 1. The Balaban J connectivity index is 2.77. The van der Waals surface area contributed by atoms with Crippen molar-refractivity contribution in [2.45, 2.75) is 13.5 Å². The Hall–Kier alpha value is -1.26. The van der Waals surface area contributed by atoms with E-state index in [-0.39, 0.29) is 12.3 Å². The number of phenolic OH excluding ortho intramolecular Hbond substituents is 1. The minimum Gasteiger partial charge on any atom is -0.508 e. The Labute approximate surface area is 99.1 Å². The number of carboxylic acids is 1. The number of aliphatic carboxylic acids is 1. The predicted octanol–water partition coefficient (Wildman–Crippen LogP) is 1.95. The summed E-state index contributed by atoms with van der Waals surface area (Å²) in [5, 5.41) is 18.8. The fraction of sp³-hybridized carbons (Fsp3) is 0.364. The lowest BCUT2D eigenvalue weighted by Gasteiger charge is -2.18. The molecule has 0 unspecified atom stereocenters. The zero-order valence-corrected chi connectivity index (χ0v) is 9.74. The zero-order valence-electron chi connectivity index (χ0n) is 8.98. The maximum atomic E-state index is 10.6. The highest BCUT2D eigenvalue weighted by Crippen LogP contribution is 2.22. The maximum absolute atomic E-state index is 10.6. The molecule has 0 aliphatic rings. The number of carboxylic acid groups (broad SMARTS) is 1. The van der Waals surface area contributed by atoms with E-state index in [1.165, 1.54) is 6.07 Å². The number of halogens is 1. The van der Waals surface area contributed by atoms with Gasteiger partial charge in [0.1, 0.15) is 5.75 Å². The third-order valence-electron chi connectivity index (χ3n) is 2.24. The fourth-order valence-corrected chi connectivity index (χ4v) is 1.59. The SMILES string of the molecule is CCN(CC(=O)O)Cc1cc(Cl)ccc1O. The number of rotatable bonds is 5. The van der Waals surface area contributed by atoms with Crippen LogP contribution in [0.3, 0.4) is 0 Å². The van der Waals surface area contributed by atoms with E-state index in [0.29, 0.717) is 23.7 Å². The Morgan fingerprint density at radius 2 is 2.19 bits per heavy atom. The van der Waals surface area contributed by atoms with Crippen molar-refractivity contribution in [3.8, 4) is 5.75 Å². The second-order valence-electron chi connectivity index (χ2n) is 3.47. The lowest BCUT2D eigenvalue weighted by atomic mass is 10.2. The molecule has 1 aromatic carbocycles. The Morgan fingerprint density at radius 3 is 2.75 bits per heavy atom. The molecule has 0 atom stereocenters. The molecule has 0 saturated heterocycles. The summed E-state index contributed by atoms with van der Waals surface area (Å²) >= 11 is 5.80. The van der Waals surface area contributed by atoms with E-state index in [9.17, 15) is 9.90 Å². The molecular formula is C11H14ClNO3. The highest BCUT2D eigenvalue weighted by molar-refractivity contribution is 6.30. The van der Waals surface area contributed by atoms with Crippen LogP contribution in [0.1, 0.15) is 12.5 Å². The second-order valence-corrected chi connectivity index (χ2v) is 3.91. The van der Waals surface area contributed by atoms with Gasteiger partial charge >= 0.3 is 5.97 Å². The summed E-state index contributed by atoms with van der Waals surface area (Å²) in [6, 6.07) is 4.74. The first-order valence-corrected chi connectivity index (χ1v) is 5.32. The number of carbonyl (C=O) groups is 1. The molecule has 0 aromatic heterocycles. The van der Waals surface area contributed by atoms with Crippen LogP contribution in [0.4, 0.5) is 0 Å². The summed E-state index contributed by atoms with van der Waals surface area (Å²) in [5.41, 5.74) is 0.635. The molecule has 5 heteroatoms. The van der Waals surface area contributed by atoms with Gasteiger partial charge in [-0.1, -0.05) is 18.5 Å². The Morgan fingerprint density at radius 1 is 1.50 bits per heavy atom. The van der Waals surface area contributed by atoms with Gasteiger partial charge in [-0.25, -0.2) is 0 Å². The van der Waals surface area contributed by atoms with Crippen molar-refractivity contribution in [2.75, 3.05) is 13.1 Å². The van der Waals surface area contributed by atoms with Crippen molar-refractivity contribution in [1.82, 2.24) is 4.90 Å². The van der Waals surface area contributed by atoms with Gasteiger partial charge < -0.3 is 10.2 Å². The molecule has 0 fully saturated rings. The van der Waals surface area contributed by atoms with Crippen LogP contribution in [0.15, 0.2) is 18.2 Å². The third-order valence-corrected chi connectivity index (χ3v) is 2.48. The largest absolute Gasteiger partial charge is 0.508 e. The van der Waals surface area contributed by atoms with Crippen LogP contribution in [0, 0.1) is 0 Å². The van der Waals surface area contributed by atoms with Crippen LogP contribution in [0.25, 0.3) is 0 Å². The van der Waals surface area contributed by atoms with Gasteiger partial charge in [-0.15, -0.1) is 0 Å². The first-order chi connectivity index (χ1) is 7.52. The summed E-state index contributed by atoms with van der Waals surface area (Å²) in [6.07, 6.45) is 0. The zero-order chi connectivity index (χ0) is 12.1. The lowest BCUT2D eigenvalue weighted by Crippen LogP contribution is -2.29. The first-order valence-electron chi connectivity index (χ1n) is 4.94. The van der Waals surface area contributed by atoms with Crippen LogP contribution >= 0.6 is 11.6 Å². The maximum Gasteiger partial charge on any atom is 0.317 e. The van der Waals surface area contributed by atoms with E-state index >= 15 is 0 Å². The Bertz CT molecular complexity index is 381. The molecule has 0 aliphatic heterocycles. The van der Waals surface area contributed by atoms with E-state index in [2.05, 4.69) is 0 Å². The van der Waals surface area contributed by atoms with E-state index in [4.69, 9.17) is 16.7 Å². The van der Waals surface area contributed by atoms with Crippen molar-refractivity contribution in [1.29, 1.82) is 0 Å². The fourth-order valence-electron chi connectivity index (χ4n) is 1.39. The summed E-state index contributed by atoms with van der Waals surface area (Å²) < 4.78 is 0. The molecule has 0 bridgehead atoms. The molecule has 0 aliphatic carbocycles. The molecule has 0 spiro atoms. The van der Waals surface area contributed by atoms with E-state index < -0.39 is 5.97 Å². The number of nitrogens with zero attached hydrogens (tertiary/aromatic N) is 1. The van der Waals surface area contributed by atoms with Crippen LogP contribution in [-0.4, -0.2) is 34.2 Å². The average molecular weight is 244 g/mol. The monoisotopic (exact) mass is 243 g/mol. The molecule has 16 heavy (non-hydrogen) atoms. The third kappa shape index (κ3) is 3.72. The number of hydrogen-bond acceptors (Lipinski definition) is 3. The average Bonchev–Trinajstić information content (AvgIpc) is 2.21. The number of benzene rings is 1. The van der Waals surface area contributed by atoms with Crippen LogP contribution < -0.4 is 0 Å². The van der Waals surface area contributed by atoms with Crippen molar-refractivity contribution in [3.05, 3.63) is 28.8 Å². The highest BCUT2D eigenvalue weighted by Gasteiger charge is 2.10. The van der Waals surface area contributed by atoms with Crippen molar-refractivity contribution in [2.24, 2.45) is 0 Å². The van der Waals surface area contributed by atoms with Crippen LogP contribution in [0.5, 0.6) is 5.75 Å². The van der Waals surface area contributed by atoms with Gasteiger partial charge in [-0.2, -0.15) is 0 Å². The molecule has 2 N–H and O–H groups in total. The molecule has 0 radical (unpaired) electrons. The number of likely N-dealkylation sites (N-methyl/N-ethyl adjacent to an activating group) is 1. The Kier molecular flexibility index (Phi) is 4.58. The molecule has 4 nitrogen and oxygen atoms in total. The minimum atomic E-state index is -0.886. The normalized spacial score (nSPS) is 10.7. The molecule has 0 heterocycles. The van der Waals surface area contributed by atoms with Gasteiger partial charge in [-0.05, 0) is 24.7 Å². The predicted molar refractivity (Wildman–Crippen MR) is 61.7 cm³/mol. The standard InChI is InChI=1S/C11H14ClNO3/c1-2-13(7-11(15)16)6-8-5-9(12)3-4-10(8)14/h3-5,14H,2,6-7H2,1H3,(H,15,16). The van der Waals surface area contributed by atoms with E-state index in [1.54, 1.807) is 17.0 Å². The topological polar surface area (TPSA) is 60.8 Å². The summed E-state index contributed by atoms with van der Waals surface area (Å²) in [6.45, 7) is 2.78. The van der Waals surface area contributed by atoms with Gasteiger partial charge in [0.25, 0.3) is 0 Å². The first kappa shape index (κ1) is 12.8. The van der Waals surface area contributed by atoms with Crippen LogP contribution in [-0.2, 0) is 11.3 Å². The molecule has 0 amide bonds. The van der Waals surface area contributed by atoms with E-state index in [1.807, 2.05) is 6.92 Å². The van der Waals surface area contributed by atoms with Crippen molar-refractivity contribution >= 4 is 17.6 Å². The van der Waals surface area contributed by atoms with E-state index in [0.717, 1.165) is 0 Å². The summed E-state index contributed by atoms with van der Waals surface area (Å²) in [5.74, 6) is -0.753. The second kappa shape index (κ2) is 5.72. The van der Waals surface area contributed by atoms with Gasteiger partial charge in [0, 0.05) is 17.1 Å². The minimum absolute atomic E-state index is 0.0531. The van der Waals surface area contributed by atoms with Crippen molar-refractivity contribution in [3.63, 3.8) is 0 Å². The molecule has 1 rings (SSSR count). The van der Waals surface area contributed by atoms with Gasteiger partial charge in [0.15, 0.2) is 0 Å². The lowest BCUT2D eigenvalue weighted by molar-refractivity contribution is -0.138. The summed E-state index contributed by atoms with van der Waals surface area (Å²) in [7, 11) is 0. The molecular weight excluding hydrogens is 230 g/mol. The number of aromatic hydroxyl groups is 1. The smallest absolute Gasteiger partial charge is 0.317 e.